The number of hydrogen-bond acceptors (Lipinski definition) is 4. The van der Waals surface area contributed by atoms with Crippen molar-refractivity contribution in [2.24, 2.45) is 0 Å². The second kappa shape index (κ2) is 6.90. The highest BCUT2D eigenvalue weighted by atomic mass is 19.1. The van der Waals surface area contributed by atoms with Gasteiger partial charge in [0.25, 0.3) is 0 Å². The van der Waals surface area contributed by atoms with Gasteiger partial charge in [0.05, 0.1) is 18.9 Å². The SMILES string of the molecule is CCC(O)CN1CCN(c2ccc(F)cc2OC)CC1. The molecule has 20 heavy (non-hydrogen) atoms. The first-order valence-corrected chi connectivity index (χ1v) is 7.13. The van der Waals surface area contributed by atoms with E-state index >= 15 is 0 Å². The highest BCUT2D eigenvalue weighted by molar-refractivity contribution is 5.58. The molecule has 1 aliphatic rings. The summed E-state index contributed by atoms with van der Waals surface area (Å²) in [6.07, 6.45) is 0.535. The van der Waals surface area contributed by atoms with Crippen LogP contribution in [0.25, 0.3) is 0 Å². The van der Waals surface area contributed by atoms with Crippen molar-refractivity contribution in [3.8, 4) is 5.75 Å². The molecular weight excluding hydrogens is 259 g/mol. The lowest BCUT2D eigenvalue weighted by Gasteiger charge is -2.37. The predicted octanol–water partition coefficient (Wildman–Crippen LogP) is 1.73. The van der Waals surface area contributed by atoms with Gasteiger partial charge in [0.15, 0.2) is 0 Å². The molecule has 1 aliphatic heterocycles. The van der Waals surface area contributed by atoms with Gasteiger partial charge in [-0.3, -0.25) is 4.90 Å². The summed E-state index contributed by atoms with van der Waals surface area (Å²) >= 11 is 0. The van der Waals surface area contributed by atoms with Gasteiger partial charge < -0.3 is 14.7 Å². The summed E-state index contributed by atoms with van der Waals surface area (Å²) in [5.41, 5.74) is 0.935. The first kappa shape index (κ1) is 15.1. The Morgan fingerprint density at radius 2 is 2.00 bits per heavy atom. The maximum Gasteiger partial charge on any atom is 0.145 e. The average Bonchev–Trinajstić information content (AvgIpc) is 2.48. The van der Waals surface area contributed by atoms with Crippen LogP contribution < -0.4 is 9.64 Å². The zero-order valence-electron chi connectivity index (χ0n) is 12.2. The molecule has 1 fully saturated rings. The average molecular weight is 282 g/mol. The smallest absolute Gasteiger partial charge is 0.145 e. The zero-order valence-corrected chi connectivity index (χ0v) is 12.2. The molecule has 2 rings (SSSR count). The van der Waals surface area contributed by atoms with Crippen LogP contribution >= 0.6 is 0 Å². The molecule has 0 amide bonds. The Balaban J connectivity index is 1.97. The maximum absolute atomic E-state index is 13.2. The topological polar surface area (TPSA) is 35.9 Å². The molecule has 0 radical (unpaired) electrons. The molecule has 0 saturated carbocycles. The predicted molar refractivity (Wildman–Crippen MR) is 77.9 cm³/mol. The second-order valence-electron chi connectivity index (χ2n) is 5.17. The van der Waals surface area contributed by atoms with Gasteiger partial charge in [0.2, 0.25) is 0 Å². The number of aliphatic hydroxyl groups excluding tert-OH is 1. The fraction of sp³-hybridized carbons (Fsp3) is 0.600. The molecule has 112 valence electrons. The minimum atomic E-state index is -0.282. The number of piperazine rings is 1. The van der Waals surface area contributed by atoms with Gasteiger partial charge >= 0.3 is 0 Å². The Kier molecular flexibility index (Phi) is 5.20. The van der Waals surface area contributed by atoms with Gasteiger partial charge in [0, 0.05) is 38.8 Å². The lowest BCUT2D eigenvalue weighted by atomic mass is 10.2. The minimum Gasteiger partial charge on any atom is -0.494 e. The van der Waals surface area contributed by atoms with E-state index in [1.165, 1.54) is 12.1 Å². The van der Waals surface area contributed by atoms with E-state index in [2.05, 4.69) is 9.80 Å². The molecule has 0 bridgehead atoms. The molecular formula is C15H23FN2O2. The van der Waals surface area contributed by atoms with Gasteiger partial charge in [0.1, 0.15) is 11.6 Å². The third-order valence-corrected chi connectivity index (χ3v) is 3.79. The van der Waals surface area contributed by atoms with E-state index in [-0.39, 0.29) is 11.9 Å². The number of ether oxygens (including phenoxy) is 1. The molecule has 1 aromatic carbocycles. The molecule has 5 heteroatoms. The number of halogens is 1. The Hall–Kier alpha value is -1.33. The molecule has 1 saturated heterocycles. The van der Waals surface area contributed by atoms with Crippen molar-refractivity contribution in [3.05, 3.63) is 24.0 Å². The monoisotopic (exact) mass is 282 g/mol. The number of rotatable bonds is 5. The summed E-state index contributed by atoms with van der Waals surface area (Å²) in [5.74, 6) is 0.294. The third-order valence-electron chi connectivity index (χ3n) is 3.79. The van der Waals surface area contributed by atoms with Crippen molar-refractivity contribution >= 4 is 5.69 Å². The fourth-order valence-corrected chi connectivity index (χ4v) is 2.51. The molecule has 1 N–H and O–H groups in total. The van der Waals surface area contributed by atoms with Crippen LogP contribution in [0.15, 0.2) is 18.2 Å². The molecule has 1 heterocycles. The molecule has 1 unspecified atom stereocenters. The van der Waals surface area contributed by atoms with E-state index in [0.717, 1.165) is 44.8 Å². The first-order valence-electron chi connectivity index (χ1n) is 7.13. The summed E-state index contributed by atoms with van der Waals surface area (Å²) < 4.78 is 18.5. The van der Waals surface area contributed by atoms with Crippen LogP contribution in [0.4, 0.5) is 10.1 Å². The molecule has 0 spiro atoms. The molecule has 1 atom stereocenters. The van der Waals surface area contributed by atoms with Crippen LogP contribution in [0.3, 0.4) is 0 Å². The summed E-state index contributed by atoms with van der Waals surface area (Å²) in [5, 5.41) is 9.69. The van der Waals surface area contributed by atoms with Crippen molar-refractivity contribution in [2.75, 3.05) is 44.7 Å². The Morgan fingerprint density at radius 3 is 2.60 bits per heavy atom. The van der Waals surface area contributed by atoms with E-state index in [0.29, 0.717) is 5.75 Å². The number of benzene rings is 1. The highest BCUT2D eigenvalue weighted by Crippen LogP contribution is 2.29. The first-order chi connectivity index (χ1) is 9.63. The standard InChI is InChI=1S/C15H23FN2O2/c1-3-13(19)11-17-6-8-18(9-7-17)14-5-4-12(16)10-15(14)20-2/h4-5,10,13,19H,3,6-9,11H2,1-2H3. The minimum absolute atomic E-state index is 0.248. The fourth-order valence-electron chi connectivity index (χ4n) is 2.51. The number of hydrogen-bond donors (Lipinski definition) is 1. The maximum atomic E-state index is 13.2. The van der Waals surface area contributed by atoms with Crippen LogP contribution in [0.2, 0.25) is 0 Å². The third kappa shape index (κ3) is 3.61. The van der Waals surface area contributed by atoms with Gasteiger partial charge in [-0.2, -0.15) is 0 Å². The van der Waals surface area contributed by atoms with Crippen molar-refractivity contribution in [2.45, 2.75) is 19.4 Å². The van der Waals surface area contributed by atoms with Crippen molar-refractivity contribution in [3.63, 3.8) is 0 Å². The molecule has 0 aliphatic carbocycles. The van der Waals surface area contributed by atoms with Crippen molar-refractivity contribution in [1.29, 1.82) is 0 Å². The number of methoxy groups -OCH3 is 1. The lowest BCUT2D eigenvalue weighted by Crippen LogP contribution is -2.48. The lowest BCUT2D eigenvalue weighted by molar-refractivity contribution is 0.106. The largest absolute Gasteiger partial charge is 0.494 e. The van der Waals surface area contributed by atoms with E-state index in [1.807, 2.05) is 6.92 Å². The van der Waals surface area contributed by atoms with Crippen LogP contribution in [0, 0.1) is 5.82 Å². The van der Waals surface area contributed by atoms with Gasteiger partial charge in [-0.1, -0.05) is 6.92 Å². The normalized spacial score (nSPS) is 18.1. The summed E-state index contributed by atoms with van der Waals surface area (Å²) in [6.45, 7) is 6.24. The Morgan fingerprint density at radius 1 is 1.30 bits per heavy atom. The second-order valence-corrected chi connectivity index (χ2v) is 5.17. The highest BCUT2D eigenvalue weighted by Gasteiger charge is 2.21. The van der Waals surface area contributed by atoms with Gasteiger partial charge in [-0.05, 0) is 18.6 Å². The summed E-state index contributed by atoms with van der Waals surface area (Å²) in [7, 11) is 1.56. The van der Waals surface area contributed by atoms with Crippen molar-refractivity contribution in [1.82, 2.24) is 4.90 Å². The van der Waals surface area contributed by atoms with Crippen molar-refractivity contribution < 1.29 is 14.2 Å². The Bertz CT molecular complexity index is 434. The number of nitrogens with zero attached hydrogens (tertiary/aromatic N) is 2. The number of aliphatic hydroxyl groups is 1. The molecule has 0 aromatic heterocycles. The van der Waals surface area contributed by atoms with Gasteiger partial charge in [-0.25, -0.2) is 4.39 Å². The quantitative estimate of drug-likeness (QED) is 0.892. The molecule has 1 aromatic rings. The van der Waals surface area contributed by atoms with E-state index in [9.17, 15) is 9.50 Å². The van der Waals surface area contributed by atoms with Gasteiger partial charge in [-0.15, -0.1) is 0 Å². The Labute approximate surface area is 119 Å². The zero-order chi connectivity index (χ0) is 14.5. The van der Waals surface area contributed by atoms with Crippen LogP contribution in [0.5, 0.6) is 5.75 Å². The number of β-amino-alcohol motifs (C(OH)–C–C–N with tert-alkyl or cyclic N) is 1. The van der Waals surface area contributed by atoms with Crippen LogP contribution in [0.1, 0.15) is 13.3 Å². The van der Waals surface area contributed by atoms with E-state index < -0.39 is 0 Å². The van der Waals surface area contributed by atoms with E-state index in [1.54, 1.807) is 13.2 Å². The van der Waals surface area contributed by atoms with Crippen LogP contribution in [-0.4, -0.2) is 55.9 Å². The number of anilines is 1. The molecule has 4 nitrogen and oxygen atoms in total. The van der Waals surface area contributed by atoms with Crippen LogP contribution in [-0.2, 0) is 0 Å². The van der Waals surface area contributed by atoms with E-state index in [4.69, 9.17) is 4.74 Å². The summed E-state index contributed by atoms with van der Waals surface area (Å²) in [4.78, 5) is 4.47. The summed E-state index contributed by atoms with van der Waals surface area (Å²) in [6, 6.07) is 4.65.